The van der Waals surface area contributed by atoms with Crippen molar-refractivity contribution in [1.29, 1.82) is 0 Å². The summed E-state index contributed by atoms with van der Waals surface area (Å²) in [7, 11) is 1.51. The monoisotopic (exact) mass is 345 g/mol. The van der Waals surface area contributed by atoms with Gasteiger partial charge in [-0.15, -0.1) is 0 Å². The van der Waals surface area contributed by atoms with Gasteiger partial charge < -0.3 is 5.32 Å². The van der Waals surface area contributed by atoms with Crippen molar-refractivity contribution in [1.82, 2.24) is 10.4 Å². The van der Waals surface area contributed by atoms with Crippen molar-refractivity contribution in [3.63, 3.8) is 0 Å². The van der Waals surface area contributed by atoms with Crippen LogP contribution in [0.25, 0.3) is 0 Å². The summed E-state index contributed by atoms with van der Waals surface area (Å²) in [4.78, 5) is 10.3. The Morgan fingerprint density at radius 1 is 1.21 bits per heavy atom. The maximum Gasteiger partial charge on any atom is 0.410 e. The SMILES string of the molecule is CN1OC(c2ccc(F)cc2)(C2CC2)N=C1NC(C)(C)C(F)(F)F. The summed E-state index contributed by atoms with van der Waals surface area (Å²) in [6, 6.07) is 5.71. The topological polar surface area (TPSA) is 36.9 Å². The van der Waals surface area contributed by atoms with Gasteiger partial charge in [-0.1, -0.05) is 12.1 Å². The van der Waals surface area contributed by atoms with E-state index in [1.165, 1.54) is 24.2 Å². The lowest BCUT2D eigenvalue weighted by Crippen LogP contribution is -2.56. The first kappa shape index (κ1) is 17.0. The molecule has 0 radical (unpaired) electrons. The van der Waals surface area contributed by atoms with Crippen LogP contribution in [-0.2, 0) is 10.6 Å². The number of halogens is 4. The number of rotatable bonds is 3. The summed E-state index contributed by atoms with van der Waals surface area (Å²) in [5, 5.41) is 3.63. The second-order valence-electron chi connectivity index (χ2n) is 6.75. The van der Waals surface area contributed by atoms with Crippen molar-refractivity contribution in [2.24, 2.45) is 10.9 Å². The van der Waals surface area contributed by atoms with Gasteiger partial charge in [0.25, 0.3) is 0 Å². The Kier molecular flexibility index (Phi) is 3.78. The molecule has 1 aromatic carbocycles. The first-order valence-corrected chi connectivity index (χ1v) is 7.69. The maximum absolute atomic E-state index is 13.2. The minimum atomic E-state index is -4.45. The van der Waals surface area contributed by atoms with E-state index in [9.17, 15) is 17.6 Å². The molecule has 2 aliphatic rings. The number of benzene rings is 1. The van der Waals surface area contributed by atoms with Gasteiger partial charge >= 0.3 is 6.18 Å². The largest absolute Gasteiger partial charge is 0.410 e. The zero-order chi connectivity index (χ0) is 17.8. The highest BCUT2D eigenvalue weighted by Crippen LogP contribution is 2.51. The van der Waals surface area contributed by atoms with Crippen molar-refractivity contribution < 1.29 is 22.4 Å². The Labute approximate surface area is 137 Å². The van der Waals surface area contributed by atoms with Gasteiger partial charge in [-0.2, -0.15) is 13.2 Å². The number of hydrogen-bond acceptors (Lipinski definition) is 4. The van der Waals surface area contributed by atoms with Crippen molar-refractivity contribution in [3.8, 4) is 0 Å². The van der Waals surface area contributed by atoms with E-state index < -0.39 is 23.3 Å². The third-order valence-electron chi connectivity index (χ3n) is 4.37. The predicted octanol–water partition coefficient (Wildman–Crippen LogP) is 3.55. The molecule has 1 unspecified atom stereocenters. The van der Waals surface area contributed by atoms with Crippen molar-refractivity contribution >= 4 is 5.96 Å². The minimum Gasteiger partial charge on any atom is -0.341 e. The molecule has 1 saturated carbocycles. The fraction of sp³-hybridized carbons (Fsp3) is 0.562. The van der Waals surface area contributed by atoms with E-state index in [-0.39, 0.29) is 11.9 Å². The number of guanidine groups is 1. The molecular weight excluding hydrogens is 326 g/mol. The van der Waals surface area contributed by atoms with Gasteiger partial charge in [-0.25, -0.2) is 19.3 Å². The molecule has 0 amide bonds. The summed E-state index contributed by atoms with van der Waals surface area (Å²) in [6.45, 7) is 2.08. The molecule has 1 aromatic rings. The predicted molar refractivity (Wildman–Crippen MR) is 80.4 cm³/mol. The molecule has 132 valence electrons. The summed E-state index contributed by atoms with van der Waals surface area (Å²) in [5.74, 6) is -0.330. The standard InChI is InChI=1S/C16H19F4N3O/c1-14(2,16(18,19)20)21-13-22-15(10-4-5-10,24-23(13)3)11-6-8-12(17)9-7-11/h6-10H,4-5H2,1-3H3,(H,21,22). The molecule has 1 aliphatic heterocycles. The van der Waals surface area contributed by atoms with Crippen LogP contribution in [0.2, 0.25) is 0 Å². The van der Waals surface area contributed by atoms with Gasteiger partial charge in [0.15, 0.2) is 0 Å². The van der Waals surface area contributed by atoms with E-state index in [0.717, 1.165) is 26.7 Å². The van der Waals surface area contributed by atoms with Crippen LogP contribution in [0, 0.1) is 11.7 Å². The highest BCUT2D eigenvalue weighted by molar-refractivity contribution is 5.81. The van der Waals surface area contributed by atoms with E-state index in [4.69, 9.17) is 4.84 Å². The van der Waals surface area contributed by atoms with E-state index >= 15 is 0 Å². The quantitative estimate of drug-likeness (QED) is 0.851. The third-order valence-corrected chi connectivity index (χ3v) is 4.37. The van der Waals surface area contributed by atoms with Crippen LogP contribution in [0.1, 0.15) is 32.3 Å². The Morgan fingerprint density at radius 3 is 2.29 bits per heavy atom. The number of nitrogens with zero attached hydrogens (tertiary/aromatic N) is 2. The van der Waals surface area contributed by atoms with Gasteiger partial charge in [0.05, 0.1) is 0 Å². The zero-order valence-electron chi connectivity index (χ0n) is 13.6. The molecule has 1 aliphatic carbocycles. The number of hydroxylamine groups is 2. The Hall–Kier alpha value is -1.83. The first-order chi connectivity index (χ1) is 11.1. The van der Waals surface area contributed by atoms with Crippen LogP contribution in [0.15, 0.2) is 29.3 Å². The summed E-state index contributed by atoms with van der Waals surface area (Å²) >= 11 is 0. The van der Waals surface area contributed by atoms with E-state index in [2.05, 4.69) is 10.3 Å². The minimum absolute atomic E-state index is 0.00792. The van der Waals surface area contributed by atoms with Crippen molar-refractivity contribution in [2.45, 2.75) is 44.1 Å². The average molecular weight is 345 g/mol. The summed E-state index contributed by atoms with van der Waals surface area (Å²) in [6.07, 6.45) is -2.74. The van der Waals surface area contributed by atoms with Crippen LogP contribution >= 0.6 is 0 Å². The Bertz CT molecular complexity index is 652. The van der Waals surface area contributed by atoms with Crippen LogP contribution in [0.3, 0.4) is 0 Å². The molecule has 0 bridgehead atoms. The zero-order valence-corrected chi connectivity index (χ0v) is 13.6. The van der Waals surface area contributed by atoms with Crippen LogP contribution < -0.4 is 5.32 Å². The fourth-order valence-corrected chi connectivity index (χ4v) is 2.64. The number of alkyl halides is 3. The second kappa shape index (κ2) is 5.34. The van der Waals surface area contributed by atoms with Crippen LogP contribution in [0.5, 0.6) is 0 Å². The number of aliphatic imine (C=N–C) groups is 1. The molecule has 0 saturated heterocycles. The van der Waals surface area contributed by atoms with Gasteiger partial charge in [0, 0.05) is 18.5 Å². The molecule has 1 fully saturated rings. The van der Waals surface area contributed by atoms with Gasteiger partial charge in [0.1, 0.15) is 11.4 Å². The Balaban J connectivity index is 1.95. The van der Waals surface area contributed by atoms with Crippen LogP contribution in [-0.4, -0.2) is 29.8 Å². The molecule has 8 heteroatoms. The van der Waals surface area contributed by atoms with Gasteiger partial charge in [0.2, 0.25) is 11.7 Å². The molecule has 1 atom stereocenters. The lowest BCUT2D eigenvalue weighted by Gasteiger charge is -2.31. The summed E-state index contributed by atoms with van der Waals surface area (Å²) < 4.78 is 52.6. The molecule has 4 nitrogen and oxygen atoms in total. The maximum atomic E-state index is 13.2. The normalized spacial score (nSPS) is 25.0. The molecule has 3 rings (SSSR count). The smallest absolute Gasteiger partial charge is 0.341 e. The second-order valence-corrected chi connectivity index (χ2v) is 6.75. The van der Waals surface area contributed by atoms with E-state index in [0.29, 0.717) is 5.56 Å². The van der Waals surface area contributed by atoms with Gasteiger partial charge in [-0.05, 0) is 38.8 Å². The Morgan fingerprint density at radius 2 is 1.79 bits per heavy atom. The molecule has 0 spiro atoms. The summed E-state index contributed by atoms with van der Waals surface area (Å²) in [5.41, 5.74) is -2.64. The van der Waals surface area contributed by atoms with E-state index in [1.54, 1.807) is 12.1 Å². The number of nitrogens with one attached hydrogen (secondary N) is 1. The van der Waals surface area contributed by atoms with Crippen molar-refractivity contribution in [2.75, 3.05) is 7.05 Å². The highest BCUT2D eigenvalue weighted by Gasteiger charge is 2.55. The molecule has 1 heterocycles. The third kappa shape index (κ3) is 2.83. The average Bonchev–Trinajstić information content (AvgIpc) is 3.25. The lowest BCUT2D eigenvalue weighted by molar-refractivity contribution is -0.192. The molecule has 24 heavy (non-hydrogen) atoms. The lowest BCUT2D eigenvalue weighted by atomic mass is 9.98. The van der Waals surface area contributed by atoms with Gasteiger partial charge in [-0.3, -0.25) is 0 Å². The number of hydrogen-bond donors (Lipinski definition) is 1. The van der Waals surface area contributed by atoms with Crippen molar-refractivity contribution in [3.05, 3.63) is 35.6 Å². The molecular formula is C16H19F4N3O. The first-order valence-electron chi connectivity index (χ1n) is 7.69. The fourth-order valence-electron chi connectivity index (χ4n) is 2.64. The molecule has 1 N–H and O–H groups in total. The van der Waals surface area contributed by atoms with E-state index in [1.807, 2.05) is 0 Å². The highest BCUT2D eigenvalue weighted by atomic mass is 19.4. The molecule has 0 aromatic heterocycles. The van der Waals surface area contributed by atoms with Crippen LogP contribution in [0.4, 0.5) is 17.6 Å².